The van der Waals surface area contributed by atoms with Crippen LogP contribution in [-0.4, -0.2) is 13.0 Å². The number of carbonyl (C=O) groups excluding carboxylic acids is 1. The maximum absolute atomic E-state index is 11.4. The third-order valence-corrected chi connectivity index (χ3v) is 2.71. The summed E-state index contributed by atoms with van der Waals surface area (Å²) in [6, 6.07) is 7.62. The third kappa shape index (κ3) is 2.40. The molecule has 0 aromatic heterocycles. The normalized spacial score (nSPS) is 14.4. The number of benzene rings is 1. The average molecular weight is 213 g/mol. The van der Waals surface area contributed by atoms with Crippen molar-refractivity contribution in [2.24, 2.45) is 0 Å². The standard InChI is InChI=1S/C14H15NO/c1-15-14(16)13-7-3-6-12(10-13)9-8-11-4-2-5-11/h3-4,6-10H,2,5H2,1H3,(H,15,16)/b9-8+. The number of amides is 1. The maximum atomic E-state index is 11.4. The van der Waals surface area contributed by atoms with Crippen LogP contribution in [-0.2, 0) is 0 Å². The molecule has 0 unspecified atom stereocenters. The Morgan fingerprint density at radius 3 is 2.81 bits per heavy atom. The summed E-state index contributed by atoms with van der Waals surface area (Å²) in [6.45, 7) is 0. The van der Waals surface area contributed by atoms with E-state index in [1.165, 1.54) is 18.4 Å². The van der Waals surface area contributed by atoms with Gasteiger partial charge in [-0.2, -0.15) is 0 Å². The summed E-state index contributed by atoms with van der Waals surface area (Å²) in [5, 5.41) is 2.62. The van der Waals surface area contributed by atoms with E-state index in [9.17, 15) is 4.79 Å². The van der Waals surface area contributed by atoms with Crippen molar-refractivity contribution in [1.29, 1.82) is 0 Å². The summed E-state index contributed by atoms with van der Waals surface area (Å²) >= 11 is 0. The molecule has 0 saturated heterocycles. The van der Waals surface area contributed by atoms with Gasteiger partial charge in [-0.1, -0.05) is 35.9 Å². The van der Waals surface area contributed by atoms with Crippen LogP contribution < -0.4 is 5.32 Å². The molecule has 2 rings (SSSR count). The fraction of sp³-hybridized carbons (Fsp3) is 0.214. The Balaban J connectivity index is 2.15. The lowest BCUT2D eigenvalue weighted by atomic mass is 9.98. The van der Waals surface area contributed by atoms with Crippen LogP contribution in [0, 0.1) is 0 Å². The molecule has 16 heavy (non-hydrogen) atoms. The smallest absolute Gasteiger partial charge is 0.251 e. The molecule has 2 nitrogen and oxygen atoms in total. The zero-order valence-corrected chi connectivity index (χ0v) is 9.36. The quantitative estimate of drug-likeness (QED) is 0.821. The van der Waals surface area contributed by atoms with Crippen molar-refractivity contribution >= 4 is 12.0 Å². The summed E-state index contributed by atoms with van der Waals surface area (Å²) in [7, 11) is 1.64. The third-order valence-electron chi connectivity index (χ3n) is 2.71. The number of rotatable bonds is 3. The first-order valence-corrected chi connectivity index (χ1v) is 5.49. The maximum Gasteiger partial charge on any atom is 0.251 e. The van der Waals surface area contributed by atoms with Crippen molar-refractivity contribution in [3.8, 4) is 0 Å². The summed E-state index contributed by atoms with van der Waals surface area (Å²) < 4.78 is 0. The van der Waals surface area contributed by atoms with Gasteiger partial charge in [-0.15, -0.1) is 0 Å². The van der Waals surface area contributed by atoms with Gasteiger partial charge in [0.15, 0.2) is 0 Å². The predicted octanol–water partition coefficient (Wildman–Crippen LogP) is 2.78. The van der Waals surface area contributed by atoms with Gasteiger partial charge in [-0.25, -0.2) is 0 Å². The molecule has 0 bridgehead atoms. The molecule has 1 aromatic carbocycles. The summed E-state index contributed by atoms with van der Waals surface area (Å²) in [5.74, 6) is -0.0434. The Bertz CT molecular complexity index is 458. The van der Waals surface area contributed by atoms with Gasteiger partial charge in [-0.05, 0) is 30.5 Å². The van der Waals surface area contributed by atoms with Crippen molar-refractivity contribution in [1.82, 2.24) is 5.32 Å². The minimum absolute atomic E-state index is 0.0434. The van der Waals surface area contributed by atoms with Gasteiger partial charge in [0, 0.05) is 12.6 Å². The van der Waals surface area contributed by atoms with Gasteiger partial charge in [0.2, 0.25) is 0 Å². The fourth-order valence-electron chi connectivity index (χ4n) is 1.59. The second-order valence-corrected chi connectivity index (χ2v) is 3.86. The van der Waals surface area contributed by atoms with Crippen LogP contribution in [0.25, 0.3) is 6.08 Å². The van der Waals surface area contributed by atoms with E-state index >= 15 is 0 Å². The van der Waals surface area contributed by atoms with Gasteiger partial charge in [0.1, 0.15) is 0 Å². The van der Waals surface area contributed by atoms with Gasteiger partial charge in [0.05, 0.1) is 0 Å². The highest BCUT2D eigenvalue weighted by molar-refractivity contribution is 5.94. The molecule has 0 aliphatic heterocycles. The Morgan fingerprint density at radius 2 is 2.19 bits per heavy atom. The largest absolute Gasteiger partial charge is 0.355 e. The monoisotopic (exact) mass is 213 g/mol. The van der Waals surface area contributed by atoms with Gasteiger partial charge >= 0.3 is 0 Å². The molecular formula is C14H15NO. The van der Waals surface area contributed by atoms with E-state index in [-0.39, 0.29) is 5.91 Å². The van der Waals surface area contributed by atoms with E-state index < -0.39 is 0 Å². The molecule has 1 aliphatic carbocycles. The molecule has 1 amide bonds. The molecule has 0 atom stereocenters. The van der Waals surface area contributed by atoms with Crippen molar-refractivity contribution in [3.63, 3.8) is 0 Å². The zero-order valence-electron chi connectivity index (χ0n) is 9.36. The van der Waals surface area contributed by atoms with Crippen molar-refractivity contribution in [2.45, 2.75) is 12.8 Å². The second kappa shape index (κ2) is 4.79. The number of hydrogen-bond acceptors (Lipinski definition) is 1. The van der Waals surface area contributed by atoms with Crippen molar-refractivity contribution < 1.29 is 4.79 Å². The van der Waals surface area contributed by atoms with Crippen LogP contribution in [0.15, 0.2) is 42.0 Å². The second-order valence-electron chi connectivity index (χ2n) is 3.86. The van der Waals surface area contributed by atoms with E-state index in [4.69, 9.17) is 0 Å². The molecule has 0 radical (unpaired) electrons. The van der Waals surface area contributed by atoms with Crippen LogP contribution in [0.2, 0.25) is 0 Å². The SMILES string of the molecule is CNC(=O)c1cccc(/C=C/C2=CCC2)c1. The van der Waals surface area contributed by atoms with E-state index in [1.807, 2.05) is 24.3 Å². The molecular weight excluding hydrogens is 198 g/mol. The highest BCUT2D eigenvalue weighted by atomic mass is 16.1. The Labute approximate surface area is 95.7 Å². The molecule has 1 aliphatic rings. The van der Waals surface area contributed by atoms with Crippen LogP contribution in [0.3, 0.4) is 0 Å². The van der Waals surface area contributed by atoms with Crippen molar-refractivity contribution in [3.05, 3.63) is 53.1 Å². The number of carbonyl (C=O) groups is 1. The lowest BCUT2D eigenvalue weighted by molar-refractivity contribution is 0.0963. The molecule has 82 valence electrons. The number of nitrogens with one attached hydrogen (secondary N) is 1. The fourth-order valence-corrected chi connectivity index (χ4v) is 1.59. The molecule has 2 heteroatoms. The lowest BCUT2D eigenvalue weighted by Crippen LogP contribution is -2.17. The Hall–Kier alpha value is -1.83. The van der Waals surface area contributed by atoms with E-state index in [2.05, 4.69) is 23.5 Å². The van der Waals surface area contributed by atoms with Crippen molar-refractivity contribution in [2.75, 3.05) is 7.05 Å². The average Bonchev–Trinajstić information content (AvgIpc) is 2.26. The van der Waals surface area contributed by atoms with E-state index in [1.54, 1.807) is 7.05 Å². The van der Waals surface area contributed by atoms with Crippen LogP contribution in [0.4, 0.5) is 0 Å². The number of allylic oxidation sites excluding steroid dienone is 3. The summed E-state index contributed by atoms with van der Waals surface area (Å²) in [5.41, 5.74) is 3.14. The highest BCUT2D eigenvalue weighted by Crippen LogP contribution is 2.20. The zero-order chi connectivity index (χ0) is 11.4. The predicted molar refractivity (Wildman–Crippen MR) is 66.2 cm³/mol. The molecule has 0 saturated carbocycles. The minimum Gasteiger partial charge on any atom is -0.355 e. The van der Waals surface area contributed by atoms with E-state index in [0.29, 0.717) is 5.56 Å². The first kappa shape index (κ1) is 10.7. The van der Waals surface area contributed by atoms with Gasteiger partial charge in [0.25, 0.3) is 5.91 Å². The van der Waals surface area contributed by atoms with Gasteiger partial charge < -0.3 is 5.32 Å². The van der Waals surface area contributed by atoms with E-state index in [0.717, 1.165) is 5.56 Å². The number of hydrogen-bond donors (Lipinski definition) is 1. The molecule has 1 aromatic rings. The first-order valence-electron chi connectivity index (χ1n) is 5.49. The molecule has 1 N–H and O–H groups in total. The molecule has 0 spiro atoms. The van der Waals surface area contributed by atoms with Gasteiger partial charge in [-0.3, -0.25) is 4.79 Å². The summed E-state index contributed by atoms with van der Waals surface area (Å²) in [6.07, 6.45) is 8.76. The topological polar surface area (TPSA) is 29.1 Å². The Morgan fingerprint density at radius 1 is 1.38 bits per heavy atom. The first-order chi connectivity index (χ1) is 7.79. The summed E-state index contributed by atoms with van der Waals surface area (Å²) in [4.78, 5) is 11.4. The molecule has 0 heterocycles. The van der Waals surface area contributed by atoms with Crippen LogP contribution in [0.5, 0.6) is 0 Å². The van der Waals surface area contributed by atoms with Crippen LogP contribution in [0.1, 0.15) is 28.8 Å². The highest BCUT2D eigenvalue weighted by Gasteiger charge is 2.03. The minimum atomic E-state index is -0.0434. The lowest BCUT2D eigenvalue weighted by Gasteiger charge is -2.08. The Kier molecular flexibility index (Phi) is 3.20. The molecule has 0 fully saturated rings. The van der Waals surface area contributed by atoms with Crippen LogP contribution >= 0.6 is 0 Å².